The second kappa shape index (κ2) is 4.55. The highest BCUT2D eigenvalue weighted by atomic mass is 32.1. The Bertz CT molecular complexity index is 615. The van der Waals surface area contributed by atoms with Crippen LogP contribution in [0.2, 0.25) is 0 Å². The zero-order chi connectivity index (χ0) is 13.4. The van der Waals surface area contributed by atoms with Crippen LogP contribution in [0.4, 0.5) is 5.13 Å². The van der Waals surface area contributed by atoms with Crippen LogP contribution >= 0.6 is 11.3 Å². The molecular weight excluding hydrogens is 262 g/mol. The van der Waals surface area contributed by atoms with E-state index in [0.29, 0.717) is 29.5 Å². The van der Waals surface area contributed by atoms with Crippen LogP contribution in [0.3, 0.4) is 0 Å². The number of benzene rings is 1. The third kappa shape index (κ3) is 2.15. The molecule has 0 saturated heterocycles. The maximum atomic E-state index is 12.4. The molecule has 0 unspecified atom stereocenters. The fraction of sp³-hybridized carbons (Fsp3) is 0.231. The Hall–Kier alpha value is -2.08. The first kappa shape index (κ1) is 12.0. The van der Waals surface area contributed by atoms with Crippen molar-refractivity contribution in [3.8, 4) is 5.75 Å². The molecule has 0 radical (unpaired) electrons. The van der Waals surface area contributed by atoms with Crippen molar-refractivity contribution in [2.45, 2.75) is 13.1 Å². The molecule has 2 N–H and O–H groups in total. The van der Waals surface area contributed by atoms with Crippen molar-refractivity contribution in [2.75, 3.05) is 12.8 Å². The summed E-state index contributed by atoms with van der Waals surface area (Å²) in [7, 11) is 1.59. The number of thiazole rings is 1. The van der Waals surface area contributed by atoms with Gasteiger partial charge in [-0.1, -0.05) is 6.07 Å². The van der Waals surface area contributed by atoms with Gasteiger partial charge in [-0.3, -0.25) is 4.79 Å². The number of nitrogen functional groups attached to an aromatic ring is 1. The molecule has 0 fully saturated rings. The Morgan fingerprint density at radius 3 is 3.05 bits per heavy atom. The minimum Gasteiger partial charge on any atom is -0.497 e. The molecule has 2 heterocycles. The third-order valence-corrected chi connectivity index (χ3v) is 3.99. The van der Waals surface area contributed by atoms with E-state index in [1.165, 1.54) is 11.3 Å². The topological polar surface area (TPSA) is 68.5 Å². The van der Waals surface area contributed by atoms with Crippen LogP contribution in [0.5, 0.6) is 5.75 Å². The number of methoxy groups -OCH3 is 1. The van der Waals surface area contributed by atoms with Crippen molar-refractivity contribution >= 4 is 22.4 Å². The van der Waals surface area contributed by atoms with E-state index in [-0.39, 0.29) is 5.91 Å². The normalized spacial score (nSPS) is 13.4. The number of nitrogens with zero attached hydrogens (tertiary/aromatic N) is 2. The predicted octanol–water partition coefficient (Wildman–Crippen LogP) is 1.89. The Labute approximate surface area is 114 Å². The number of hydrogen-bond acceptors (Lipinski definition) is 5. The largest absolute Gasteiger partial charge is 0.497 e. The van der Waals surface area contributed by atoms with Crippen LogP contribution in [0.25, 0.3) is 0 Å². The molecule has 3 rings (SSSR count). The van der Waals surface area contributed by atoms with Crippen molar-refractivity contribution < 1.29 is 9.53 Å². The monoisotopic (exact) mass is 275 g/mol. The summed E-state index contributed by atoms with van der Waals surface area (Å²) in [6.45, 7) is 1.11. The standard InChI is InChI=1S/C13H13N3O2S/c1-18-9-4-2-3-8(5-9)12(17)16-6-10-11(7-16)19-13(14)15-10/h2-5H,6-7H2,1H3,(H2,14,15). The van der Waals surface area contributed by atoms with E-state index in [4.69, 9.17) is 10.5 Å². The van der Waals surface area contributed by atoms with E-state index < -0.39 is 0 Å². The average molecular weight is 275 g/mol. The number of carbonyl (C=O) groups excluding carboxylic acids is 1. The van der Waals surface area contributed by atoms with Gasteiger partial charge in [0.15, 0.2) is 5.13 Å². The lowest BCUT2D eigenvalue weighted by atomic mass is 10.2. The van der Waals surface area contributed by atoms with Gasteiger partial charge in [-0.2, -0.15) is 0 Å². The smallest absolute Gasteiger partial charge is 0.254 e. The number of aromatic nitrogens is 1. The Morgan fingerprint density at radius 2 is 2.32 bits per heavy atom. The zero-order valence-electron chi connectivity index (χ0n) is 10.4. The van der Waals surface area contributed by atoms with Crippen LogP contribution in [-0.4, -0.2) is 22.9 Å². The SMILES string of the molecule is COc1cccc(C(=O)N2Cc3nc(N)sc3C2)c1. The van der Waals surface area contributed by atoms with Gasteiger partial charge < -0.3 is 15.4 Å². The van der Waals surface area contributed by atoms with Gasteiger partial charge in [-0.25, -0.2) is 4.98 Å². The summed E-state index contributed by atoms with van der Waals surface area (Å²) in [5.74, 6) is 0.671. The van der Waals surface area contributed by atoms with Crippen LogP contribution in [0.1, 0.15) is 20.9 Å². The summed E-state index contributed by atoms with van der Waals surface area (Å²) in [4.78, 5) is 19.5. The quantitative estimate of drug-likeness (QED) is 0.908. The van der Waals surface area contributed by atoms with Gasteiger partial charge in [0.25, 0.3) is 5.91 Å². The van der Waals surface area contributed by atoms with Crippen molar-refractivity contribution in [1.29, 1.82) is 0 Å². The van der Waals surface area contributed by atoms with Gasteiger partial charge in [-0.05, 0) is 18.2 Å². The summed E-state index contributed by atoms with van der Waals surface area (Å²) in [6, 6.07) is 7.17. The molecule has 98 valence electrons. The summed E-state index contributed by atoms with van der Waals surface area (Å²) in [5.41, 5.74) is 7.19. The molecule has 19 heavy (non-hydrogen) atoms. The number of carbonyl (C=O) groups is 1. The maximum absolute atomic E-state index is 12.4. The van der Waals surface area contributed by atoms with E-state index in [0.717, 1.165) is 10.6 Å². The lowest BCUT2D eigenvalue weighted by molar-refractivity contribution is 0.0750. The summed E-state index contributed by atoms with van der Waals surface area (Å²) < 4.78 is 5.13. The van der Waals surface area contributed by atoms with Crippen molar-refractivity contribution in [3.63, 3.8) is 0 Å². The molecule has 0 spiro atoms. The molecule has 6 heteroatoms. The van der Waals surface area contributed by atoms with Crippen LogP contribution < -0.4 is 10.5 Å². The summed E-state index contributed by atoms with van der Waals surface area (Å²) >= 11 is 1.45. The van der Waals surface area contributed by atoms with Crippen molar-refractivity contribution in [1.82, 2.24) is 9.88 Å². The first-order valence-corrected chi connectivity index (χ1v) is 6.66. The molecule has 0 bridgehead atoms. The average Bonchev–Trinajstić information content (AvgIpc) is 2.95. The number of anilines is 1. The number of hydrogen-bond donors (Lipinski definition) is 1. The molecule has 1 aromatic heterocycles. The second-order valence-corrected chi connectivity index (χ2v) is 5.43. The minimum atomic E-state index is -0.0114. The van der Waals surface area contributed by atoms with Crippen LogP contribution in [-0.2, 0) is 13.1 Å². The first-order valence-electron chi connectivity index (χ1n) is 5.85. The lowest BCUT2D eigenvalue weighted by Gasteiger charge is -2.15. The van der Waals surface area contributed by atoms with Gasteiger partial charge in [0.2, 0.25) is 0 Å². The highest BCUT2D eigenvalue weighted by Crippen LogP contribution is 2.30. The molecule has 0 atom stereocenters. The van der Waals surface area contributed by atoms with E-state index in [2.05, 4.69) is 4.98 Å². The van der Waals surface area contributed by atoms with E-state index in [9.17, 15) is 4.79 Å². The van der Waals surface area contributed by atoms with Crippen molar-refractivity contribution in [3.05, 3.63) is 40.4 Å². The van der Waals surface area contributed by atoms with Crippen molar-refractivity contribution in [2.24, 2.45) is 0 Å². The summed E-state index contributed by atoms with van der Waals surface area (Å²) in [6.07, 6.45) is 0. The van der Waals surface area contributed by atoms with Crippen LogP contribution in [0.15, 0.2) is 24.3 Å². The fourth-order valence-electron chi connectivity index (χ4n) is 2.14. The van der Waals surface area contributed by atoms with E-state index in [1.807, 2.05) is 12.1 Å². The molecule has 0 aliphatic carbocycles. The van der Waals surface area contributed by atoms with Gasteiger partial charge >= 0.3 is 0 Å². The minimum absolute atomic E-state index is 0.0114. The Kier molecular flexibility index (Phi) is 2.87. The highest BCUT2D eigenvalue weighted by Gasteiger charge is 2.27. The van der Waals surface area contributed by atoms with Gasteiger partial charge in [0, 0.05) is 5.56 Å². The molecule has 1 aliphatic rings. The first-order chi connectivity index (χ1) is 9.17. The Balaban J connectivity index is 1.80. The molecular formula is C13H13N3O2S. The molecule has 1 amide bonds. The second-order valence-electron chi connectivity index (χ2n) is 4.32. The molecule has 1 aliphatic heterocycles. The van der Waals surface area contributed by atoms with E-state index in [1.54, 1.807) is 24.1 Å². The highest BCUT2D eigenvalue weighted by molar-refractivity contribution is 7.15. The third-order valence-electron chi connectivity index (χ3n) is 3.07. The van der Waals surface area contributed by atoms with Gasteiger partial charge in [0.1, 0.15) is 5.75 Å². The number of fused-ring (bicyclic) bond motifs is 1. The zero-order valence-corrected chi connectivity index (χ0v) is 11.2. The number of ether oxygens (including phenoxy) is 1. The van der Waals surface area contributed by atoms with Gasteiger partial charge in [-0.15, -0.1) is 11.3 Å². The van der Waals surface area contributed by atoms with E-state index >= 15 is 0 Å². The number of amides is 1. The molecule has 2 aromatic rings. The summed E-state index contributed by atoms with van der Waals surface area (Å²) in [5, 5.41) is 0.568. The molecule has 0 saturated carbocycles. The van der Waals surface area contributed by atoms with Gasteiger partial charge in [0.05, 0.1) is 30.8 Å². The number of nitrogens with two attached hydrogens (primary N) is 1. The Morgan fingerprint density at radius 1 is 1.47 bits per heavy atom. The maximum Gasteiger partial charge on any atom is 0.254 e. The predicted molar refractivity (Wildman–Crippen MR) is 73.1 cm³/mol. The molecule has 5 nitrogen and oxygen atoms in total. The lowest BCUT2D eigenvalue weighted by Crippen LogP contribution is -2.25. The van der Waals surface area contributed by atoms with Crippen LogP contribution in [0, 0.1) is 0 Å². The fourth-order valence-corrected chi connectivity index (χ4v) is 3.00. The number of rotatable bonds is 2. The molecule has 1 aromatic carbocycles.